The summed E-state index contributed by atoms with van der Waals surface area (Å²) in [6.45, 7) is 0. The van der Waals surface area contributed by atoms with Gasteiger partial charge in [-0.05, 0) is 41.7 Å². The van der Waals surface area contributed by atoms with Crippen LogP contribution in [0.1, 0.15) is 23.2 Å². The van der Waals surface area contributed by atoms with E-state index in [4.69, 9.17) is 5.11 Å². The first-order valence-electron chi connectivity index (χ1n) is 6.67. The summed E-state index contributed by atoms with van der Waals surface area (Å²) in [4.78, 5) is 23.3. The van der Waals surface area contributed by atoms with Crippen LogP contribution in [-0.2, 0) is 4.79 Å². The van der Waals surface area contributed by atoms with Gasteiger partial charge < -0.3 is 10.4 Å². The van der Waals surface area contributed by atoms with Crippen LogP contribution in [0, 0.1) is 5.92 Å². The molecule has 0 aliphatic heterocycles. The fourth-order valence-corrected chi connectivity index (χ4v) is 2.37. The minimum atomic E-state index is -0.957. The van der Waals surface area contributed by atoms with Crippen molar-refractivity contribution in [1.82, 2.24) is 5.32 Å². The molecule has 0 saturated heterocycles. The van der Waals surface area contributed by atoms with E-state index in [0.717, 1.165) is 23.6 Å². The Hall–Kier alpha value is -2.36. The maximum absolute atomic E-state index is 12.2. The summed E-state index contributed by atoms with van der Waals surface area (Å²) >= 11 is 0. The lowest BCUT2D eigenvalue weighted by molar-refractivity contribution is -0.139. The second-order valence-electron chi connectivity index (χ2n) is 5.19. The molecule has 1 unspecified atom stereocenters. The molecule has 1 aliphatic carbocycles. The van der Waals surface area contributed by atoms with Crippen molar-refractivity contribution >= 4 is 22.6 Å². The molecule has 0 bridgehead atoms. The highest BCUT2D eigenvalue weighted by Gasteiger charge is 2.37. The first-order valence-corrected chi connectivity index (χ1v) is 6.67. The van der Waals surface area contributed by atoms with Gasteiger partial charge in [0.15, 0.2) is 0 Å². The number of carboxylic acid groups (broad SMARTS) is 1. The average Bonchev–Trinajstić information content (AvgIpc) is 3.28. The van der Waals surface area contributed by atoms with E-state index in [2.05, 4.69) is 5.32 Å². The van der Waals surface area contributed by atoms with Crippen LogP contribution in [-0.4, -0.2) is 23.0 Å². The van der Waals surface area contributed by atoms with Crippen molar-refractivity contribution in [2.45, 2.75) is 18.9 Å². The van der Waals surface area contributed by atoms with Crippen LogP contribution in [0.2, 0.25) is 0 Å². The monoisotopic (exact) mass is 269 g/mol. The third-order valence-corrected chi connectivity index (χ3v) is 3.66. The predicted octanol–water partition coefficient (Wildman–Crippen LogP) is 2.43. The van der Waals surface area contributed by atoms with Crippen LogP contribution < -0.4 is 5.32 Å². The molecule has 1 saturated carbocycles. The molecule has 4 nitrogen and oxygen atoms in total. The third kappa shape index (κ3) is 2.50. The van der Waals surface area contributed by atoms with Crippen molar-refractivity contribution in [3.8, 4) is 0 Å². The fraction of sp³-hybridized carbons (Fsp3) is 0.250. The number of nitrogens with one attached hydrogen (secondary N) is 1. The first kappa shape index (κ1) is 12.7. The van der Waals surface area contributed by atoms with E-state index in [9.17, 15) is 9.59 Å². The molecule has 1 aliphatic rings. The molecule has 2 N–H and O–H groups in total. The average molecular weight is 269 g/mol. The Kier molecular flexibility index (Phi) is 3.14. The molecule has 4 heteroatoms. The van der Waals surface area contributed by atoms with Gasteiger partial charge in [0.1, 0.15) is 6.04 Å². The summed E-state index contributed by atoms with van der Waals surface area (Å²) in [5.74, 6) is -1.20. The number of hydrogen-bond donors (Lipinski definition) is 2. The number of hydrogen-bond acceptors (Lipinski definition) is 2. The van der Waals surface area contributed by atoms with E-state index >= 15 is 0 Å². The highest BCUT2D eigenvalue weighted by molar-refractivity contribution is 6.00. The van der Waals surface area contributed by atoms with Crippen molar-refractivity contribution in [2.75, 3.05) is 0 Å². The number of rotatable bonds is 4. The Labute approximate surface area is 116 Å². The van der Waals surface area contributed by atoms with Gasteiger partial charge in [-0.15, -0.1) is 0 Å². The molecule has 0 heterocycles. The molecule has 1 amide bonds. The normalized spacial score (nSPS) is 15.8. The Morgan fingerprint density at radius 1 is 1.10 bits per heavy atom. The van der Waals surface area contributed by atoms with E-state index in [1.54, 1.807) is 12.1 Å². The van der Waals surface area contributed by atoms with Crippen LogP contribution in [0.25, 0.3) is 10.8 Å². The van der Waals surface area contributed by atoms with Gasteiger partial charge in [-0.25, -0.2) is 4.79 Å². The van der Waals surface area contributed by atoms with Crippen molar-refractivity contribution in [2.24, 2.45) is 5.92 Å². The summed E-state index contributed by atoms with van der Waals surface area (Å²) in [6.07, 6.45) is 1.74. The summed E-state index contributed by atoms with van der Waals surface area (Å²) in [5.41, 5.74) is 0.496. The van der Waals surface area contributed by atoms with Crippen LogP contribution in [0.5, 0.6) is 0 Å². The van der Waals surface area contributed by atoms with Gasteiger partial charge in [-0.3, -0.25) is 4.79 Å². The van der Waals surface area contributed by atoms with Gasteiger partial charge >= 0.3 is 5.97 Å². The van der Waals surface area contributed by atoms with Gasteiger partial charge in [0.2, 0.25) is 0 Å². The Morgan fingerprint density at radius 3 is 2.45 bits per heavy atom. The second kappa shape index (κ2) is 4.96. The number of benzene rings is 2. The first-order chi connectivity index (χ1) is 9.65. The topological polar surface area (TPSA) is 66.4 Å². The Morgan fingerprint density at radius 2 is 1.80 bits per heavy atom. The molecular formula is C16H15NO3. The molecule has 1 fully saturated rings. The Bertz CT molecular complexity index is 676. The number of amides is 1. The molecule has 3 rings (SSSR count). The zero-order valence-corrected chi connectivity index (χ0v) is 10.9. The second-order valence-corrected chi connectivity index (χ2v) is 5.19. The lowest BCUT2D eigenvalue weighted by Gasteiger charge is -2.13. The smallest absolute Gasteiger partial charge is 0.326 e. The molecule has 102 valence electrons. The summed E-state index contributed by atoms with van der Waals surface area (Å²) in [6, 6.07) is 12.4. The number of carbonyl (C=O) groups excluding carboxylic acids is 1. The number of fused-ring (bicyclic) bond motifs is 1. The number of aliphatic carboxylic acids is 1. The SMILES string of the molecule is O=C(NC(C(=O)O)C1CC1)c1ccc2ccccc2c1. The lowest BCUT2D eigenvalue weighted by atomic mass is 10.1. The summed E-state index contributed by atoms with van der Waals surface area (Å²) in [7, 11) is 0. The zero-order valence-electron chi connectivity index (χ0n) is 10.9. The van der Waals surface area contributed by atoms with Crippen molar-refractivity contribution in [1.29, 1.82) is 0 Å². The molecule has 0 aromatic heterocycles. The van der Waals surface area contributed by atoms with Gasteiger partial charge in [0.25, 0.3) is 5.91 Å². The zero-order chi connectivity index (χ0) is 14.1. The number of carboxylic acids is 1. The minimum Gasteiger partial charge on any atom is -0.480 e. The highest BCUT2D eigenvalue weighted by Crippen LogP contribution is 2.32. The number of carbonyl (C=O) groups is 2. The van der Waals surface area contributed by atoms with Crippen LogP contribution in [0.4, 0.5) is 0 Å². The highest BCUT2D eigenvalue weighted by atomic mass is 16.4. The Balaban J connectivity index is 1.82. The fourth-order valence-electron chi connectivity index (χ4n) is 2.37. The molecule has 2 aromatic rings. The maximum Gasteiger partial charge on any atom is 0.326 e. The summed E-state index contributed by atoms with van der Waals surface area (Å²) in [5, 5.41) is 13.8. The van der Waals surface area contributed by atoms with Gasteiger partial charge in [0, 0.05) is 5.56 Å². The van der Waals surface area contributed by atoms with Gasteiger partial charge in [-0.2, -0.15) is 0 Å². The molecule has 1 atom stereocenters. The molecule has 0 spiro atoms. The maximum atomic E-state index is 12.2. The van der Waals surface area contributed by atoms with Crippen LogP contribution in [0.3, 0.4) is 0 Å². The summed E-state index contributed by atoms with van der Waals surface area (Å²) < 4.78 is 0. The molecule has 2 aromatic carbocycles. The van der Waals surface area contributed by atoms with E-state index < -0.39 is 12.0 Å². The minimum absolute atomic E-state index is 0.0805. The van der Waals surface area contributed by atoms with E-state index in [1.807, 2.05) is 30.3 Å². The standard InChI is InChI=1S/C16H15NO3/c18-15(17-14(16(19)20)11-6-7-11)13-8-5-10-3-1-2-4-12(10)9-13/h1-5,8-9,11,14H,6-7H2,(H,17,18)(H,19,20). The van der Waals surface area contributed by atoms with E-state index in [-0.39, 0.29) is 11.8 Å². The molecule has 20 heavy (non-hydrogen) atoms. The van der Waals surface area contributed by atoms with Crippen molar-refractivity contribution in [3.63, 3.8) is 0 Å². The van der Waals surface area contributed by atoms with Crippen molar-refractivity contribution in [3.05, 3.63) is 48.0 Å². The van der Waals surface area contributed by atoms with E-state index in [1.165, 1.54) is 0 Å². The third-order valence-electron chi connectivity index (χ3n) is 3.66. The predicted molar refractivity (Wildman–Crippen MR) is 75.6 cm³/mol. The van der Waals surface area contributed by atoms with Gasteiger partial charge in [-0.1, -0.05) is 30.3 Å². The molecular weight excluding hydrogens is 254 g/mol. The largest absolute Gasteiger partial charge is 0.480 e. The quantitative estimate of drug-likeness (QED) is 0.895. The lowest BCUT2D eigenvalue weighted by Crippen LogP contribution is -2.42. The van der Waals surface area contributed by atoms with Gasteiger partial charge in [0.05, 0.1) is 0 Å². The van der Waals surface area contributed by atoms with E-state index in [0.29, 0.717) is 5.56 Å². The van der Waals surface area contributed by atoms with Crippen LogP contribution >= 0.6 is 0 Å². The molecule has 0 radical (unpaired) electrons. The van der Waals surface area contributed by atoms with Crippen molar-refractivity contribution < 1.29 is 14.7 Å². The van der Waals surface area contributed by atoms with Crippen LogP contribution in [0.15, 0.2) is 42.5 Å².